The van der Waals surface area contributed by atoms with E-state index in [9.17, 15) is 4.79 Å². The molecule has 0 saturated carbocycles. The van der Waals surface area contributed by atoms with Crippen LogP contribution in [0, 0.1) is 0 Å². The molecule has 0 saturated heterocycles. The third-order valence-electron chi connectivity index (χ3n) is 5.21. The van der Waals surface area contributed by atoms with Crippen LogP contribution < -0.4 is 0 Å². The molecule has 2 aromatic carbocycles. The van der Waals surface area contributed by atoms with Crippen molar-refractivity contribution in [3.05, 3.63) is 96.6 Å². The number of rotatable bonds is 4. The summed E-state index contributed by atoms with van der Waals surface area (Å²) in [6.07, 6.45) is 4.18. The van der Waals surface area contributed by atoms with Gasteiger partial charge in [0.15, 0.2) is 0 Å². The lowest BCUT2D eigenvalue weighted by molar-refractivity contribution is -0.130. The molecular weight excluding hydrogens is 376 g/mol. The molecule has 3 heterocycles. The van der Waals surface area contributed by atoms with E-state index >= 15 is 0 Å². The average molecular weight is 396 g/mol. The molecule has 0 N–H and O–H groups in total. The zero-order valence-corrected chi connectivity index (χ0v) is 16.5. The first kappa shape index (κ1) is 18.1. The maximum absolute atomic E-state index is 12.4. The largest absolute Gasteiger partial charge is 0.463 e. The molecule has 0 spiro atoms. The van der Waals surface area contributed by atoms with Gasteiger partial charge in [0, 0.05) is 30.7 Å². The SMILES string of the molecule is CC(=O)N1N=C(c2ccco2)C[C@@H]1c1cn(-c2ccccc2)nc1-c1ccccc1. The van der Waals surface area contributed by atoms with Gasteiger partial charge in [-0.15, -0.1) is 0 Å². The average Bonchev–Trinajstić information content (AvgIpc) is 3.53. The number of carbonyl (C=O) groups is 1. The summed E-state index contributed by atoms with van der Waals surface area (Å²) in [6.45, 7) is 1.53. The van der Waals surface area contributed by atoms with Crippen molar-refractivity contribution in [3.63, 3.8) is 0 Å². The summed E-state index contributed by atoms with van der Waals surface area (Å²) in [4.78, 5) is 12.4. The molecule has 0 unspecified atom stereocenters. The molecule has 148 valence electrons. The first-order chi connectivity index (χ1) is 14.7. The molecule has 1 aliphatic heterocycles. The lowest BCUT2D eigenvalue weighted by Gasteiger charge is -2.20. The fraction of sp³-hybridized carbons (Fsp3) is 0.125. The van der Waals surface area contributed by atoms with Crippen molar-refractivity contribution in [1.82, 2.24) is 14.8 Å². The normalized spacial score (nSPS) is 16.0. The lowest BCUT2D eigenvalue weighted by Crippen LogP contribution is -2.24. The zero-order chi connectivity index (χ0) is 20.5. The number of furan rings is 1. The van der Waals surface area contributed by atoms with E-state index < -0.39 is 0 Å². The van der Waals surface area contributed by atoms with Crippen molar-refractivity contribution in [2.24, 2.45) is 5.10 Å². The predicted octanol–water partition coefficient (Wildman–Crippen LogP) is 4.83. The monoisotopic (exact) mass is 396 g/mol. The van der Waals surface area contributed by atoms with E-state index in [1.165, 1.54) is 11.9 Å². The first-order valence-corrected chi connectivity index (χ1v) is 9.82. The van der Waals surface area contributed by atoms with Gasteiger partial charge in [-0.3, -0.25) is 4.79 Å². The van der Waals surface area contributed by atoms with Crippen LogP contribution in [-0.2, 0) is 4.79 Å². The van der Waals surface area contributed by atoms with E-state index in [0.717, 1.165) is 28.2 Å². The molecule has 6 heteroatoms. The van der Waals surface area contributed by atoms with Gasteiger partial charge in [0.05, 0.1) is 23.7 Å². The van der Waals surface area contributed by atoms with Gasteiger partial charge in [0.2, 0.25) is 5.91 Å². The Morgan fingerprint density at radius 2 is 1.73 bits per heavy atom. The van der Waals surface area contributed by atoms with Crippen LogP contribution in [0.25, 0.3) is 16.9 Å². The summed E-state index contributed by atoms with van der Waals surface area (Å²) in [7, 11) is 0. The molecular formula is C24H20N4O2. The number of para-hydroxylation sites is 1. The molecule has 2 aromatic heterocycles. The molecule has 0 aliphatic carbocycles. The predicted molar refractivity (Wildman–Crippen MR) is 114 cm³/mol. The standard InChI is InChI=1S/C24H20N4O2/c1-17(29)28-22(15-21(25-28)23-13-8-14-30-23)20-16-27(19-11-6-3-7-12-19)26-24(20)18-9-4-2-5-10-18/h2-14,16,22H,15H2,1H3/t22-/m1/s1. The molecule has 1 amide bonds. The van der Waals surface area contributed by atoms with Gasteiger partial charge in [0.1, 0.15) is 11.5 Å². The van der Waals surface area contributed by atoms with Gasteiger partial charge in [0.25, 0.3) is 0 Å². The first-order valence-electron chi connectivity index (χ1n) is 9.82. The molecule has 6 nitrogen and oxygen atoms in total. The molecule has 1 atom stereocenters. The Hall–Kier alpha value is -3.93. The van der Waals surface area contributed by atoms with Crippen LogP contribution >= 0.6 is 0 Å². The number of hydrogen-bond acceptors (Lipinski definition) is 4. The van der Waals surface area contributed by atoms with Crippen molar-refractivity contribution in [1.29, 1.82) is 0 Å². The second-order valence-corrected chi connectivity index (χ2v) is 7.19. The Labute approximate surface area is 174 Å². The van der Waals surface area contributed by atoms with Crippen molar-refractivity contribution in [3.8, 4) is 16.9 Å². The maximum Gasteiger partial charge on any atom is 0.240 e. The molecule has 5 rings (SSSR count). The second kappa shape index (κ2) is 7.48. The zero-order valence-electron chi connectivity index (χ0n) is 16.5. The Balaban J connectivity index is 1.62. The van der Waals surface area contributed by atoms with Crippen molar-refractivity contribution in [2.75, 3.05) is 0 Å². The third kappa shape index (κ3) is 3.22. The highest BCUT2D eigenvalue weighted by molar-refractivity contribution is 6.01. The highest BCUT2D eigenvalue weighted by Crippen LogP contribution is 2.38. The van der Waals surface area contributed by atoms with Crippen LogP contribution in [0.2, 0.25) is 0 Å². The number of amides is 1. The smallest absolute Gasteiger partial charge is 0.240 e. The van der Waals surface area contributed by atoms with Gasteiger partial charge in [-0.25, -0.2) is 9.69 Å². The number of carbonyl (C=O) groups excluding carboxylic acids is 1. The van der Waals surface area contributed by atoms with E-state index in [1.54, 1.807) is 6.26 Å². The van der Waals surface area contributed by atoms with Crippen LogP contribution in [0.4, 0.5) is 0 Å². The second-order valence-electron chi connectivity index (χ2n) is 7.19. The molecule has 30 heavy (non-hydrogen) atoms. The topological polar surface area (TPSA) is 63.6 Å². The summed E-state index contributed by atoms with van der Waals surface area (Å²) in [6, 6.07) is 23.4. The summed E-state index contributed by atoms with van der Waals surface area (Å²) < 4.78 is 7.39. The number of aromatic nitrogens is 2. The minimum absolute atomic E-state index is 0.118. The Morgan fingerprint density at radius 1 is 1.00 bits per heavy atom. The Bertz CT molecular complexity index is 1190. The van der Waals surface area contributed by atoms with E-state index in [4.69, 9.17) is 9.52 Å². The van der Waals surface area contributed by atoms with Crippen LogP contribution in [-0.4, -0.2) is 26.4 Å². The molecule has 1 aliphatic rings. The minimum Gasteiger partial charge on any atom is -0.463 e. The Morgan fingerprint density at radius 3 is 2.40 bits per heavy atom. The molecule has 4 aromatic rings. The van der Waals surface area contributed by atoms with Gasteiger partial charge >= 0.3 is 0 Å². The molecule has 0 bridgehead atoms. The Kier molecular flexibility index (Phi) is 4.52. The fourth-order valence-electron chi connectivity index (χ4n) is 3.80. The van der Waals surface area contributed by atoms with Crippen LogP contribution in [0.5, 0.6) is 0 Å². The van der Waals surface area contributed by atoms with E-state index in [-0.39, 0.29) is 11.9 Å². The summed E-state index contributed by atoms with van der Waals surface area (Å²) in [5.41, 5.74) is 4.50. The van der Waals surface area contributed by atoms with Gasteiger partial charge in [-0.2, -0.15) is 10.2 Å². The maximum atomic E-state index is 12.4. The number of hydrogen-bond donors (Lipinski definition) is 0. The van der Waals surface area contributed by atoms with Gasteiger partial charge in [-0.1, -0.05) is 48.5 Å². The van der Waals surface area contributed by atoms with Crippen LogP contribution in [0.15, 0.2) is 94.8 Å². The highest BCUT2D eigenvalue weighted by atomic mass is 16.3. The van der Waals surface area contributed by atoms with Crippen molar-refractivity contribution < 1.29 is 9.21 Å². The van der Waals surface area contributed by atoms with Crippen LogP contribution in [0.1, 0.15) is 30.7 Å². The number of hydrazone groups is 1. The van der Waals surface area contributed by atoms with Crippen molar-refractivity contribution >= 4 is 11.6 Å². The molecule has 0 fully saturated rings. The van der Waals surface area contributed by atoms with E-state index in [2.05, 4.69) is 5.10 Å². The molecule has 0 radical (unpaired) electrons. The summed E-state index contributed by atoms with van der Waals surface area (Å²) >= 11 is 0. The quantitative estimate of drug-likeness (QED) is 0.496. The highest BCUT2D eigenvalue weighted by Gasteiger charge is 2.35. The number of benzene rings is 2. The van der Waals surface area contributed by atoms with Crippen molar-refractivity contribution in [2.45, 2.75) is 19.4 Å². The number of nitrogens with zero attached hydrogens (tertiary/aromatic N) is 4. The summed E-state index contributed by atoms with van der Waals surface area (Å²) in [5.74, 6) is 0.563. The van der Waals surface area contributed by atoms with E-state index in [1.807, 2.05) is 83.7 Å². The van der Waals surface area contributed by atoms with Gasteiger partial charge < -0.3 is 4.42 Å². The minimum atomic E-state index is -0.254. The lowest BCUT2D eigenvalue weighted by atomic mass is 9.98. The third-order valence-corrected chi connectivity index (χ3v) is 5.21. The van der Waals surface area contributed by atoms with Crippen LogP contribution in [0.3, 0.4) is 0 Å². The van der Waals surface area contributed by atoms with E-state index in [0.29, 0.717) is 12.2 Å². The van der Waals surface area contributed by atoms with Gasteiger partial charge in [-0.05, 0) is 24.3 Å². The fourth-order valence-corrected chi connectivity index (χ4v) is 3.80. The summed E-state index contributed by atoms with van der Waals surface area (Å²) in [5, 5.41) is 11.0.